The third-order valence-corrected chi connectivity index (χ3v) is 6.35. The minimum absolute atomic E-state index is 0.0286. The molecule has 1 atom stereocenters. The Balaban J connectivity index is 1.36. The zero-order chi connectivity index (χ0) is 22.1. The summed E-state index contributed by atoms with van der Waals surface area (Å²) in [4.78, 5) is 47.1. The van der Waals surface area contributed by atoms with Gasteiger partial charge in [0.1, 0.15) is 0 Å². The number of anilines is 1. The Morgan fingerprint density at radius 2 is 2.03 bits per heavy atom. The van der Waals surface area contributed by atoms with Crippen LogP contribution in [-0.4, -0.2) is 43.9 Å². The van der Waals surface area contributed by atoms with Gasteiger partial charge in [-0.15, -0.1) is 0 Å². The van der Waals surface area contributed by atoms with Crippen molar-refractivity contribution in [1.29, 1.82) is 0 Å². The van der Waals surface area contributed by atoms with Crippen LogP contribution >= 0.6 is 11.8 Å². The third-order valence-electron chi connectivity index (χ3n) is 5.37. The van der Waals surface area contributed by atoms with E-state index < -0.39 is 0 Å². The second-order valence-electron chi connectivity index (χ2n) is 7.64. The third kappa shape index (κ3) is 4.19. The van der Waals surface area contributed by atoms with Crippen LogP contribution in [-0.2, 0) is 16.1 Å². The van der Waals surface area contributed by atoms with Gasteiger partial charge in [0.2, 0.25) is 5.91 Å². The van der Waals surface area contributed by atoms with Gasteiger partial charge in [0.15, 0.2) is 5.16 Å². The fourth-order valence-corrected chi connectivity index (χ4v) is 4.66. The molecule has 4 aromatic rings. The number of nitrogens with one attached hydrogen (secondary N) is 3. The summed E-state index contributed by atoms with van der Waals surface area (Å²) in [5, 5.41) is 3.86. The van der Waals surface area contributed by atoms with Gasteiger partial charge in [0, 0.05) is 12.3 Å². The van der Waals surface area contributed by atoms with Crippen molar-refractivity contribution < 1.29 is 9.53 Å². The number of ether oxygens (including phenoxy) is 1. The van der Waals surface area contributed by atoms with Gasteiger partial charge in [-0.3, -0.25) is 14.2 Å². The Kier molecular flexibility index (Phi) is 5.54. The van der Waals surface area contributed by atoms with Crippen molar-refractivity contribution in [3.8, 4) is 0 Å². The van der Waals surface area contributed by atoms with Gasteiger partial charge in [-0.05, 0) is 43.2 Å². The number of benzene rings is 2. The van der Waals surface area contributed by atoms with Crippen molar-refractivity contribution in [3.05, 3.63) is 63.3 Å². The van der Waals surface area contributed by atoms with Crippen LogP contribution in [0.15, 0.2) is 57.2 Å². The Morgan fingerprint density at radius 3 is 2.88 bits per heavy atom. The van der Waals surface area contributed by atoms with Gasteiger partial charge < -0.3 is 20.0 Å². The molecular weight excluding hydrogens is 430 g/mol. The molecule has 5 rings (SSSR count). The summed E-state index contributed by atoms with van der Waals surface area (Å²) in [7, 11) is 0. The highest BCUT2D eigenvalue weighted by molar-refractivity contribution is 7.99. The first kappa shape index (κ1) is 20.5. The summed E-state index contributed by atoms with van der Waals surface area (Å²) >= 11 is 1.21. The summed E-state index contributed by atoms with van der Waals surface area (Å²) in [6.07, 6.45) is 1.84. The first-order chi connectivity index (χ1) is 15.6. The second kappa shape index (κ2) is 8.64. The number of carbonyl (C=O) groups excluding carboxylic acids is 1. The van der Waals surface area contributed by atoms with Gasteiger partial charge in [0.05, 0.1) is 40.3 Å². The lowest BCUT2D eigenvalue weighted by Crippen LogP contribution is -2.29. The van der Waals surface area contributed by atoms with Crippen molar-refractivity contribution in [2.75, 3.05) is 17.7 Å². The van der Waals surface area contributed by atoms with Gasteiger partial charge in [0.25, 0.3) is 5.56 Å². The molecule has 1 saturated heterocycles. The number of thioether (sulfide) groups is 1. The Bertz CT molecular complexity index is 1420. The molecule has 0 spiro atoms. The van der Waals surface area contributed by atoms with E-state index in [1.54, 1.807) is 34.9 Å². The summed E-state index contributed by atoms with van der Waals surface area (Å²) in [5.41, 5.74) is 2.02. The molecule has 32 heavy (non-hydrogen) atoms. The number of para-hydroxylation sites is 1. The van der Waals surface area contributed by atoms with Crippen molar-refractivity contribution in [2.45, 2.75) is 30.6 Å². The SMILES string of the molecule is O=C(CSc1nc2ccccc2c(=O)n1C[C@@H]1CCCO1)Nc1ccc2[nH]c(=O)[nH]c2c1. The fraction of sp³-hybridized carbons (Fsp3) is 0.273. The molecule has 3 N–H and O–H groups in total. The number of H-pyrrole nitrogens is 2. The van der Waals surface area contributed by atoms with Crippen LogP contribution in [0.25, 0.3) is 21.9 Å². The van der Waals surface area contributed by atoms with Gasteiger partial charge in [-0.2, -0.15) is 0 Å². The quantitative estimate of drug-likeness (QED) is 0.306. The maximum Gasteiger partial charge on any atom is 0.323 e. The molecule has 0 unspecified atom stereocenters. The average Bonchev–Trinajstić information content (AvgIpc) is 3.43. The lowest BCUT2D eigenvalue weighted by molar-refractivity contribution is -0.113. The Labute approximate surface area is 186 Å². The molecule has 164 valence electrons. The molecule has 3 heterocycles. The van der Waals surface area contributed by atoms with E-state index in [1.807, 2.05) is 12.1 Å². The number of hydrogen-bond acceptors (Lipinski definition) is 6. The number of rotatable bonds is 6. The lowest BCUT2D eigenvalue weighted by atomic mass is 10.2. The van der Waals surface area contributed by atoms with E-state index in [0.717, 1.165) is 12.8 Å². The normalized spacial score (nSPS) is 16.1. The van der Waals surface area contributed by atoms with Crippen LogP contribution in [0.4, 0.5) is 5.69 Å². The molecule has 1 aliphatic heterocycles. The number of aromatic nitrogens is 4. The van der Waals surface area contributed by atoms with Gasteiger partial charge in [-0.1, -0.05) is 23.9 Å². The van der Waals surface area contributed by atoms with Crippen LogP contribution in [0, 0.1) is 0 Å². The predicted molar refractivity (Wildman–Crippen MR) is 123 cm³/mol. The standard InChI is InChI=1S/C22H21N5O4S/c28-19(23-13-7-8-17-18(10-13)25-21(30)24-17)12-32-22-26-16-6-2-1-5-15(16)20(29)27(22)11-14-4-3-9-31-14/h1-2,5-8,10,14H,3-4,9,11-12H2,(H,23,28)(H2,24,25,30)/t14-/m0/s1. The largest absolute Gasteiger partial charge is 0.376 e. The van der Waals surface area contributed by atoms with Crippen molar-refractivity contribution >= 4 is 45.3 Å². The molecule has 1 amide bonds. The number of nitrogens with zero attached hydrogens (tertiary/aromatic N) is 2. The lowest BCUT2D eigenvalue weighted by Gasteiger charge is -2.16. The van der Waals surface area contributed by atoms with E-state index in [0.29, 0.717) is 45.9 Å². The van der Waals surface area contributed by atoms with E-state index in [-0.39, 0.29) is 29.0 Å². The van der Waals surface area contributed by atoms with Crippen LogP contribution in [0.1, 0.15) is 12.8 Å². The molecule has 2 aromatic heterocycles. The molecule has 1 fully saturated rings. The minimum atomic E-state index is -0.300. The highest BCUT2D eigenvalue weighted by Gasteiger charge is 2.20. The number of fused-ring (bicyclic) bond motifs is 2. The summed E-state index contributed by atoms with van der Waals surface area (Å²) in [5.74, 6) is -0.156. The minimum Gasteiger partial charge on any atom is -0.376 e. The number of hydrogen-bond donors (Lipinski definition) is 3. The van der Waals surface area contributed by atoms with E-state index in [1.165, 1.54) is 11.8 Å². The molecule has 1 aliphatic rings. The molecule has 0 radical (unpaired) electrons. The molecule has 9 nitrogen and oxygen atoms in total. The van der Waals surface area contributed by atoms with Crippen LogP contribution < -0.4 is 16.6 Å². The predicted octanol–water partition coefficient (Wildman–Crippen LogP) is 2.48. The maximum atomic E-state index is 13.1. The molecule has 0 bridgehead atoms. The van der Waals surface area contributed by atoms with E-state index in [2.05, 4.69) is 20.3 Å². The highest BCUT2D eigenvalue weighted by atomic mass is 32.2. The van der Waals surface area contributed by atoms with Crippen LogP contribution in [0.5, 0.6) is 0 Å². The molecule has 2 aromatic carbocycles. The van der Waals surface area contributed by atoms with E-state index >= 15 is 0 Å². The Hall–Kier alpha value is -3.37. The zero-order valence-electron chi connectivity index (χ0n) is 17.1. The smallest absolute Gasteiger partial charge is 0.323 e. The second-order valence-corrected chi connectivity index (χ2v) is 8.58. The number of carbonyl (C=O) groups is 1. The molecular formula is C22H21N5O4S. The van der Waals surface area contributed by atoms with E-state index in [9.17, 15) is 14.4 Å². The number of amides is 1. The zero-order valence-corrected chi connectivity index (χ0v) is 17.9. The fourth-order valence-electron chi connectivity index (χ4n) is 3.85. The molecule has 0 saturated carbocycles. The number of aromatic amines is 2. The maximum absolute atomic E-state index is 13.1. The van der Waals surface area contributed by atoms with Crippen LogP contribution in [0.3, 0.4) is 0 Å². The topological polar surface area (TPSA) is 122 Å². The highest BCUT2D eigenvalue weighted by Crippen LogP contribution is 2.22. The monoisotopic (exact) mass is 451 g/mol. The molecule has 10 heteroatoms. The summed E-state index contributed by atoms with van der Waals surface area (Å²) in [6.45, 7) is 1.11. The summed E-state index contributed by atoms with van der Waals surface area (Å²) in [6, 6.07) is 12.3. The Morgan fingerprint density at radius 1 is 1.19 bits per heavy atom. The van der Waals surface area contributed by atoms with Gasteiger partial charge in [-0.25, -0.2) is 9.78 Å². The van der Waals surface area contributed by atoms with Gasteiger partial charge >= 0.3 is 5.69 Å². The number of imidazole rings is 1. The van der Waals surface area contributed by atoms with Crippen molar-refractivity contribution in [1.82, 2.24) is 19.5 Å². The molecule has 0 aliphatic carbocycles. The first-order valence-electron chi connectivity index (χ1n) is 10.3. The van der Waals surface area contributed by atoms with Crippen LogP contribution in [0.2, 0.25) is 0 Å². The van der Waals surface area contributed by atoms with Crippen molar-refractivity contribution in [2.24, 2.45) is 0 Å². The summed E-state index contributed by atoms with van der Waals surface area (Å²) < 4.78 is 7.33. The first-order valence-corrected chi connectivity index (χ1v) is 11.3. The van der Waals surface area contributed by atoms with Crippen molar-refractivity contribution in [3.63, 3.8) is 0 Å². The van der Waals surface area contributed by atoms with E-state index in [4.69, 9.17) is 4.74 Å². The average molecular weight is 452 g/mol.